The molecule has 0 bridgehead atoms. The third-order valence-corrected chi connectivity index (χ3v) is 2.56. The zero-order chi connectivity index (χ0) is 14.4. The average Bonchev–Trinajstić information content (AvgIpc) is 2.45. The van der Waals surface area contributed by atoms with Gasteiger partial charge in [-0.15, -0.1) is 0 Å². The summed E-state index contributed by atoms with van der Waals surface area (Å²) in [5.41, 5.74) is 1.19. The van der Waals surface area contributed by atoms with Crippen LogP contribution in [0.5, 0.6) is 5.75 Å². The largest absolute Gasteiger partial charge is 0.507 e. The Balaban J connectivity index is 1.95. The van der Waals surface area contributed by atoms with Gasteiger partial charge in [-0.3, -0.25) is 10.1 Å². The number of nitrogens with zero attached hydrogens (tertiary/aromatic N) is 2. The number of benzene rings is 2. The fourth-order valence-electron chi connectivity index (χ4n) is 1.56. The molecule has 20 heavy (non-hydrogen) atoms. The van der Waals surface area contributed by atoms with Gasteiger partial charge in [-0.25, -0.2) is 0 Å². The summed E-state index contributed by atoms with van der Waals surface area (Å²) in [6.07, 6.45) is 1.38. The SMILES string of the molecule is O=[N+]([O-])c1cccc(CO/N=C/c2ccccc2O)c1. The lowest BCUT2D eigenvalue weighted by atomic mass is 10.2. The molecule has 102 valence electrons. The Morgan fingerprint density at radius 3 is 2.80 bits per heavy atom. The van der Waals surface area contributed by atoms with E-state index in [1.54, 1.807) is 36.4 Å². The molecule has 0 aromatic heterocycles. The molecule has 6 nitrogen and oxygen atoms in total. The molecule has 0 aliphatic heterocycles. The predicted octanol–water partition coefficient (Wildman–Crippen LogP) is 2.85. The van der Waals surface area contributed by atoms with Gasteiger partial charge in [0, 0.05) is 17.7 Å². The van der Waals surface area contributed by atoms with Crippen LogP contribution in [-0.4, -0.2) is 16.2 Å². The highest BCUT2D eigenvalue weighted by Crippen LogP contribution is 2.15. The standard InChI is InChI=1S/C14H12N2O4/c17-14-7-2-1-5-12(14)9-15-20-10-11-4-3-6-13(8-11)16(18)19/h1-9,17H,10H2/b15-9+. The minimum Gasteiger partial charge on any atom is -0.507 e. The van der Waals surface area contributed by atoms with Crippen molar-refractivity contribution in [1.82, 2.24) is 0 Å². The van der Waals surface area contributed by atoms with Crippen molar-refractivity contribution in [3.63, 3.8) is 0 Å². The molecule has 0 saturated heterocycles. The second-order valence-corrected chi connectivity index (χ2v) is 3.99. The quantitative estimate of drug-likeness (QED) is 0.515. The van der Waals surface area contributed by atoms with Crippen LogP contribution in [0.25, 0.3) is 0 Å². The van der Waals surface area contributed by atoms with Gasteiger partial charge in [-0.1, -0.05) is 29.4 Å². The van der Waals surface area contributed by atoms with Crippen molar-refractivity contribution >= 4 is 11.9 Å². The van der Waals surface area contributed by atoms with Crippen LogP contribution in [0.15, 0.2) is 53.7 Å². The maximum absolute atomic E-state index is 10.6. The summed E-state index contributed by atoms with van der Waals surface area (Å²) < 4.78 is 0. The maximum atomic E-state index is 10.6. The lowest BCUT2D eigenvalue weighted by molar-refractivity contribution is -0.384. The van der Waals surface area contributed by atoms with Crippen LogP contribution in [0.3, 0.4) is 0 Å². The van der Waals surface area contributed by atoms with Crippen molar-refractivity contribution in [1.29, 1.82) is 0 Å². The topological polar surface area (TPSA) is 85.0 Å². The molecule has 6 heteroatoms. The molecule has 0 radical (unpaired) electrons. The van der Waals surface area contributed by atoms with Crippen molar-refractivity contribution in [3.05, 3.63) is 69.8 Å². The van der Waals surface area contributed by atoms with Crippen LogP contribution in [-0.2, 0) is 11.4 Å². The number of para-hydroxylation sites is 1. The van der Waals surface area contributed by atoms with Gasteiger partial charge >= 0.3 is 0 Å². The van der Waals surface area contributed by atoms with Gasteiger partial charge in [0.05, 0.1) is 11.1 Å². The van der Waals surface area contributed by atoms with E-state index in [1.807, 2.05) is 0 Å². The second kappa shape index (κ2) is 6.33. The highest BCUT2D eigenvalue weighted by molar-refractivity contribution is 5.82. The zero-order valence-electron chi connectivity index (χ0n) is 10.5. The summed E-state index contributed by atoms with van der Waals surface area (Å²) in [7, 11) is 0. The molecule has 0 heterocycles. The van der Waals surface area contributed by atoms with Crippen LogP contribution in [0.1, 0.15) is 11.1 Å². The lowest BCUT2D eigenvalue weighted by Gasteiger charge is -2.00. The van der Waals surface area contributed by atoms with Crippen molar-refractivity contribution in [2.45, 2.75) is 6.61 Å². The van der Waals surface area contributed by atoms with E-state index in [9.17, 15) is 15.2 Å². The van der Waals surface area contributed by atoms with E-state index >= 15 is 0 Å². The molecule has 0 spiro atoms. The van der Waals surface area contributed by atoms with E-state index in [-0.39, 0.29) is 18.0 Å². The number of aromatic hydroxyl groups is 1. The Kier molecular flexibility index (Phi) is 4.28. The normalized spacial score (nSPS) is 10.6. The van der Waals surface area contributed by atoms with Crippen molar-refractivity contribution in [2.24, 2.45) is 5.16 Å². The maximum Gasteiger partial charge on any atom is 0.269 e. The number of nitro benzene ring substituents is 1. The van der Waals surface area contributed by atoms with Gasteiger partial charge in [0.25, 0.3) is 5.69 Å². The van der Waals surface area contributed by atoms with E-state index < -0.39 is 4.92 Å². The number of hydrogen-bond acceptors (Lipinski definition) is 5. The van der Waals surface area contributed by atoms with Crippen molar-refractivity contribution in [2.75, 3.05) is 0 Å². The first-order chi connectivity index (χ1) is 9.66. The molecule has 0 fully saturated rings. The van der Waals surface area contributed by atoms with Crippen LogP contribution >= 0.6 is 0 Å². The summed E-state index contributed by atoms with van der Waals surface area (Å²) in [5, 5.41) is 23.8. The number of rotatable bonds is 5. The van der Waals surface area contributed by atoms with Crippen LogP contribution in [0.4, 0.5) is 5.69 Å². The highest BCUT2D eigenvalue weighted by atomic mass is 16.6. The predicted molar refractivity (Wildman–Crippen MR) is 73.6 cm³/mol. The number of nitro groups is 1. The number of hydrogen-bond donors (Lipinski definition) is 1. The van der Waals surface area contributed by atoms with E-state index in [0.717, 1.165) is 0 Å². The molecule has 0 aliphatic carbocycles. The Morgan fingerprint density at radius 2 is 2.05 bits per heavy atom. The number of phenols is 1. The monoisotopic (exact) mass is 272 g/mol. The number of phenolic OH excluding ortho intramolecular Hbond substituents is 1. The van der Waals surface area contributed by atoms with Gasteiger partial charge < -0.3 is 9.94 Å². The first-order valence-corrected chi connectivity index (χ1v) is 5.83. The smallest absolute Gasteiger partial charge is 0.269 e. The van der Waals surface area contributed by atoms with Crippen LogP contribution in [0.2, 0.25) is 0 Å². The van der Waals surface area contributed by atoms with E-state index in [1.165, 1.54) is 18.3 Å². The van der Waals surface area contributed by atoms with Crippen LogP contribution < -0.4 is 0 Å². The molecule has 2 aromatic carbocycles. The third-order valence-electron chi connectivity index (χ3n) is 2.56. The molecule has 0 atom stereocenters. The molecule has 1 N–H and O–H groups in total. The molecule has 2 aromatic rings. The minimum absolute atomic E-state index is 0.00998. The van der Waals surface area contributed by atoms with Gasteiger partial charge in [0.15, 0.2) is 0 Å². The fraction of sp³-hybridized carbons (Fsp3) is 0.0714. The van der Waals surface area contributed by atoms with Gasteiger partial charge in [0.2, 0.25) is 0 Å². The Hall–Kier alpha value is -2.89. The van der Waals surface area contributed by atoms with Crippen molar-refractivity contribution < 1.29 is 14.9 Å². The Bertz CT molecular complexity index is 641. The van der Waals surface area contributed by atoms with Crippen molar-refractivity contribution in [3.8, 4) is 5.75 Å². The number of non-ortho nitro benzene ring substituents is 1. The fourth-order valence-corrected chi connectivity index (χ4v) is 1.56. The van der Waals surface area contributed by atoms with E-state index in [2.05, 4.69) is 5.16 Å². The van der Waals surface area contributed by atoms with Crippen LogP contribution in [0, 0.1) is 10.1 Å². The molecular weight excluding hydrogens is 260 g/mol. The Morgan fingerprint density at radius 1 is 1.25 bits per heavy atom. The summed E-state index contributed by atoms with van der Waals surface area (Å²) in [6.45, 7) is 0.117. The van der Waals surface area contributed by atoms with Gasteiger partial charge in [0.1, 0.15) is 12.4 Å². The lowest BCUT2D eigenvalue weighted by Crippen LogP contribution is -1.92. The summed E-state index contributed by atoms with van der Waals surface area (Å²) >= 11 is 0. The molecule has 0 unspecified atom stereocenters. The van der Waals surface area contributed by atoms with Gasteiger partial charge in [-0.05, 0) is 17.7 Å². The molecular formula is C14H12N2O4. The third kappa shape index (κ3) is 3.55. The average molecular weight is 272 g/mol. The number of oxime groups is 1. The minimum atomic E-state index is -0.464. The molecule has 0 amide bonds. The first-order valence-electron chi connectivity index (χ1n) is 5.83. The van der Waals surface area contributed by atoms with E-state index in [4.69, 9.17) is 4.84 Å². The summed E-state index contributed by atoms with van der Waals surface area (Å²) in [4.78, 5) is 15.2. The molecule has 0 aliphatic rings. The molecule has 2 rings (SSSR count). The summed E-state index contributed by atoms with van der Waals surface area (Å²) in [6, 6.07) is 12.8. The van der Waals surface area contributed by atoms with Gasteiger partial charge in [-0.2, -0.15) is 0 Å². The summed E-state index contributed by atoms with van der Waals surface area (Å²) in [5.74, 6) is 0.107. The Labute approximate surface area is 115 Å². The molecule has 0 saturated carbocycles. The highest BCUT2D eigenvalue weighted by Gasteiger charge is 2.05. The zero-order valence-corrected chi connectivity index (χ0v) is 10.5. The second-order valence-electron chi connectivity index (χ2n) is 3.99. The van der Waals surface area contributed by atoms with E-state index in [0.29, 0.717) is 11.1 Å². The first kappa shape index (κ1) is 13.5.